The van der Waals surface area contributed by atoms with Gasteiger partial charge in [-0.2, -0.15) is 0 Å². The maximum Gasteiger partial charge on any atom is 0.239 e. The van der Waals surface area contributed by atoms with Crippen LogP contribution in [-0.4, -0.2) is 60.4 Å². The minimum atomic E-state index is 0.00243. The number of nitrogens with one attached hydrogen (secondary N) is 1. The van der Waals surface area contributed by atoms with Gasteiger partial charge in [0.25, 0.3) is 0 Å². The van der Waals surface area contributed by atoms with Gasteiger partial charge in [0, 0.05) is 33.1 Å². The molecule has 5 nitrogen and oxygen atoms in total. The van der Waals surface area contributed by atoms with Crippen molar-refractivity contribution in [2.45, 2.75) is 38.6 Å². The Labute approximate surface area is 108 Å². The van der Waals surface area contributed by atoms with E-state index in [-0.39, 0.29) is 17.9 Å². The molecule has 0 aromatic rings. The van der Waals surface area contributed by atoms with Crippen molar-refractivity contribution in [3.05, 3.63) is 0 Å². The van der Waals surface area contributed by atoms with Gasteiger partial charge in [-0.25, -0.2) is 0 Å². The lowest BCUT2D eigenvalue weighted by Crippen LogP contribution is -2.49. The third-order valence-electron chi connectivity index (χ3n) is 3.86. The van der Waals surface area contributed by atoms with Crippen molar-refractivity contribution in [1.29, 1.82) is 0 Å². The number of nitrogens with zero attached hydrogens (tertiary/aromatic N) is 2. The fraction of sp³-hybridized carbons (Fsp3) is 0.846. The van der Waals surface area contributed by atoms with Crippen molar-refractivity contribution in [3.63, 3.8) is 0 Å². The minimum Gasteiger partial charge on any atom is -0.341 e. The SMILES string of the molecule is CC(=O)N1CCCN(C(=O)C2CCCCN2)CC1. The van der Waals surface area contributed by atoms with Crippen LogP contribution in [0.5, 0.6) is 0 Å². The summed E-state index contributed by atoms with van der Waals surface area (Å²) in [4.78, 5) is 27.4. The van der Waals surface area contributed by atoms with Gasteiger partial charge in [-0.05, 0) is 25.8 Å². The van der Waals surface area contributed by atoms with Crippen molar-refractivity contribution in [2.24, 2.45) is 0 Å². The van der Waals surface area contributed by atoms with Gasteiger partial charge in [-0.15, -0.1) is 0 Å². The predicted octanol–water partition coefficient (Wildman–Crippen LogP) is 0.209. The van der Waals surface area contributed by atoms with E-state index in [0.717, 1.165) is 38.9 Å². The van der Waals surface area contributed by atoms with Crippen molar-refractivity contribution in [1.82, 2.24) is 15.1 Å². The first-order valence-corrected chi connectivity index (χ1v) is 6.96. The van der Waals surface area contributed by atoms with Gasteiger partial charge >= 0.3 is 0 Å². The van der Waals surface area contributed by atoms with Crippen LogP contribution in [0, 0.1) is 0 Å². The molecule has 2 rings (SSSR count). The monoisotopic (exact) mass is 253 g/mol. The molecule has 2 amide bonds. The molecular weight excluding hydrogens is 230 g/mol. The summed E-state index contributed by atoms with van der Waals surface area (Å²) in [6.45, 7) is 5.45. The molecular formula is C13H23N3O2. The zero-order chi connectivity index (χ0) is 13.0. The third kappa shape index (κ3) is 3.22. The first kappa shape index (κ1) is 13.3. The van der Waals surface area contributed by atoms with Crippen LogP contribution in [0.2, 0.25) is 0 Å². The molecule has 1 unspecified atom stereocenters. The van der Waals surface area contributed by atoms with Gasteiger partial charge in [-0.3, -0.25) is 9.59 Å². The highest BCUT2D eigenvalue weighted by atomic mass is 16.2. The summed E-state index contributed by atoms with van der Waals surface area (Å²) in [6.07, 6.45) is 4.14. The third-order valence-corrected chi connectivity index (χ3v) is 3.86. The quantitative estimate of drug-likeness (QED) is 0.727. The van der Waals surface area contributed by atoms with Gasteiger partial charge in [0.15, 0.2) is 0 Å². The smallest absolute Gasteiger partial charge is 0.239 e. The molecule has 5 heteroatoms. The number of carbonyl (C=O) groups is 2. The summed E-state index contributed by atoms with van der Waals surface area (Å²) in [5, 5.41) is 3.30. The lowest BCUT2D eigenvalue weighted by Gasteiger charge is -2.29. The number of hydrogen-bond donors (Lipinski definition) is 1. The zero-order valence-corrected chi connectivity index (χ0v) is 11.2. The van der Waals surface area contributed by atoms with Gasteiger partial charge in [0.1, 0.15) is 0 Å². The lowest BCUT2D eigenvalue weighted by molar-refractivity contribution is -0.134. The molecule has 0 aromatic carbocycles. The van der Waals surface area contributed by atoms with Crippen molar-refractivity contribution in [3.8, 4) is 0 Å². The number of rotatable bonds is 1. The van der Waals surface area contributed by atoms with E-state index < -0.39 is 0 Å². The van der Waals surface area contributed by atoms with Gasteiger partial charge in [0.05, 0.1) is 6.04 Å². The number of piperidine rings is 1. The van der Waals surface area contributed by atoms with E-state index in [4.69, 9.17) is 0 Å². The summed E-state index contributed by atoms with van der Waals surface area (Å²) >= 11 is 0. The molecule has 0 bridgehead atoms. The van der Waals surface area contributed by atoms with Crippen molar-refractivity contribution < 1.29 is 9.59 Å². The number of amides is 2. The standard InChI is InChI=1S/C13H23N3O2/c1-11(17)15-7-4-8-16(10-9-15)13(18)12-5-2-3-6-14-12/h12,14H,2-10H2,1H3. The highest BCUT2D eigenvalue weighted by molar-refractivity contribution is 5.82. The van der Waals surface area contributed by atoms with Crippen molar-refractivity contribution >= 4 is 11.8 Å². The molecule has 2 fully saturated rings. The van der Waals surface area contributed by atoms with Crippen LogP contribution in [0.25, 0.3) is 0 Å². The Kier molecular flexibility index (Phi) is 4.58. The molecule has 0 aromatic heterocycles. The average molecular weight is 253 g/mol. The second-order valence-corrected chi connectivity index (χ2v) is 5.19. The Bertz CT molecular complexity index is 313. The fourth-order valence-electron chi connectivity index (χ4n) is 2.74. The Hall–Kier alpha value is -1.10. The molecule has 0 radical (unpaired) electrons. The maximum absolute atomic E-state index is 12.3. The zero-order valence-electron chi connectivity index (χ0n) is 11.2. The first-order valence-electron chi connectivity index (χ1n) is 6.96. The van der Waals surface area contributed by atoms with E-state index in [2.05, 4.69) is 5.32 Å². The van der Waals surface area contributed by atoms with E-state index in [1.165, 1.54) is 6.42 Å². The largest absolute Gasteiger partial charge is 0.341 e. The maximum atomic E-state index is 12.3. The molecule has 18 heavy (non-hydrogen) atoms. The summed E-state index contributed by atoms with van der Waals surface area (Å²) in [6, 6.07) is 0.00243. The van der Waals surface area contributed by atoms with Crippen LogP contribution in [0.1, 0.15) is 32.6 Å². The van der Waals surface area contributed by atoms with Gasteiger partial charge in [0.2, 0.25) is 11.8 Å². The molecule has 1 N–H and O–H groups in total. The first-order chi connectivity index (χ1) is 8.68. The van der Waals surface area contributed by atoms with Gasteiger partial charge < -0.3 is 15.1 Å². The Morgan fingerprint density at radius 3 is 2.39 bits per heavy atom. The molecule has 2 heterocycles. The van der Waals surface area contributed by atoms with Crippen LogP contribution < -0.4 is 5.32 Å². The van der Waals surface area contributed by atoms with E-state index in [1.54, 1.807) is 6.92 Å². The summed E-state index contributed by atoms with van der Waals surface area (Å²) in [5.74, 6) is 0.334. The van der Waals surface area contributed by atoms with Crippen LogP contribution in [0.4, 0.5) is 0 Å². The molecule has 2 aliphatic heterocycles. The van der Waals surface area contributed by atoms with Crippen LogP contribution >= 0.6 is 0 Å². The molecule has 1 atom stereocenters. The van der Waals surface area contributed by atoms with Crippen molar-refractivity contribution in [2.75, 3.05) is 32.7 Å². The van der Waals surface area contributed by atoms with E-state index in [1.807, 2.05) is 9.80 Å². The Balaban J connectivity index is 1.88. The fourth-order valence-corrected chi connectivity index (χ4v) is 2.74. The van der Waals surface area contributed by atoms with Crippen LogP contribution in [-0.2, 0) is 9.59 Å². The predicted molar refractivity (Wildman–Crippen MR) is 69.1 cm³/mol. The van der Waals surface area contributed by atoms with E-state index in [0.29, 0.717) is 13.1 Å². The second-order valence-electron chi connectivity index (χ2n) is 5.19. The van der Waals surface area contributed by atoms with E-state index >= 15 is 0 Å². The Morgan fingerprint density at radius 1 is 1.00 bits per heavy atom. The summed E-state index contributed by atoms with van der Waals surface area (Å²) in [5.41, 5.74) is 0. The number of hydrogen-bond acceptors (Lipinski definition) is 3. The molecule has 0 spiro atoms. The molecule has 0 saturated carbocycles. The second kappa shape index (κ2) is 6.18. The normalized spacial score (nSPS) is 25.7. The molecule has 0 aliphatic carbocycles. The van der Waals surface area contributed by atoms with Gasteiger partial charge in [-0.1, -0.05) is 6.42 Å². The number of carbonyl (C=O) groups excluding carboxylic acids is 2. The minimum absolute atomic E-state index is 0.00243. The molecule has 2 aliphatic rings. The average Bonchev–Trinajstić information content (AvgIpc) is 2.64. The van der Waals surface area contributed by atoms with Crippen LogP contribution in [0.3, 0.4) is 0 Å². The van der Waals surface area contributed by atoms with Crippen LogP contribution in [0.15, 0.2) is 0 Å². The highest BCUT2D eigenvalue weighted by Gasteiger charge is 2.27. The highest BCUT2D eigenvalue weighted by Crippen LogP contribution is 2.12. The summed E-state index contributed by atoms with van der Waals surface area (Å²) in [7, 11) is 0. The summed E-state index contributed by atoms with van der Waals surface area (Å²) < 4.78 is 0. The molecule has 2 saturated heterocycles. The topological polar surface area (TPSA) is 52.7 Å². The lowest BCUT2D eigenvalue weighted by atomic mass is 10.0. The van der Waals surface area contributed by atoms with E-state index in [9.17, 15) is 9.59 Å². The molecule has 102 valence electrons. The Morgan fingerprint density at radius 2 is 1.72 bits per heavy atom.